The van der Waals surface area contributed by atoms with Crippen molar-refractivity contribution in [1.82, 2.24) is 4.90 Å². The van der Waals surface area contributed by atoms with E-state index in [4.69, 9.17) is 26.4 Å². The van der Waals surface area contributed by atoms with E-state index >= 15 is 0 Å². The highest BCUT2D eigenvalue weighted by molar-refractivity contribution is 7.79. The van der Waals surface area contributed by atoms with Crippen molar-refractivity contribution in [2.24, 2.45) is 5.92 Å². The first kappa shape index (κ1) is 22.7. The van der Waals surface area contributed by atoms with Crippen molar-refractivity contribution < 1.29 is 23.8 Å². The fourth-order valence-corrected chi connectivity index (χ4v) is 3.84. The van der Waals surface area contributed by atoms with Gasteiger partial charge in [0.25, 0.3) is 0 Å². The summed E-state index contributed by atoms with van der Waals surface area (Å²) in [5.41, 5.74) is 0.854. The molecule has 3 rings (SSSR count). The van der Waals surface area contributed by atoms with Gasteiger partial charge in [-0.25, -0.2) is 9.69 Å². The highest BCUT2D eigenvalue weighted by Gasteiger charge is 2.43. The summed E-state index contributed by atoms with van der Waals surface area (Å²) >= 11 is 5.23. The zero-order valence-corrected chi connectivity index (χ0v) is 18.5. The molecule has 0 radical (unpaired) electrons. The lowest BCUT2D eigenvalue weighted by Crippen LogP contribution is -2.43. The van der Waals surface area contributed by atoms with Crippen LogP contribution in [0, 0.1) is 5.92 Å². The van der Waals surface area contributed by atoms with E-state index < -0.39 is 24.2 Å². The Hall–Kier alpha value is -2.93. The SMILES string of the molecule is CCCC[C@H](C(=O)N1C(=O)OC[C@@H]1c1ccccc1)[C@@H](C)OC(=S)Oc1ccccc1. The number of ether oxygens (including phenoxy) is 3. The molecule has 6 nitrogen and oxygen atoms in total. The maximum Gasteiger partial charge on any atom is 0.417 e. The second-order valence-electron chi connectivity index (χ2n) is 7.45. The van der Waals surface area contributed by atoms with Gasteiger partial charge in [-0.3, -0.25) is 4.79 Å². The van der Waals surface area contributed by atoms with E-state index in [0.717, 1.165) is 18.4 Å². The van der Waals surface area contributed by atoms with Gasteiger partial charge in [0.15, 0.2) is 0 Å². The number of para-hydroxylation sites is 1. The number of cyclic esters (lactones) is 1. The number of nitrogens with zero attached hydrogens (tertiary/aromatic N) is 1. The van der Waals surface area contributed by atoms with Crippen molar-refractivity contribution in [3.8, 4) is 5.75 Å². The number of rotatable bonds is 8. The molecule has 1 aliphatic heterocycles. The highest BCUT2D eigenvalue weighted by atomic mass is 32.1. The van der Waals surface area contributed by atoms with Crippen molar-refractivity contribution in [2.75, 3.05) is 6.61 Å². The summed E-state index contributed by atoms with van der Waals surface area (Å²) in [7, 11) is 0. The van der Waals surface area contributed by atoms with Crippen LogP contribution < -0.4 is 4.74 Å². The van der Waals surface area contributed by atoms with Crippen molar-refractivity contribution in [3.63, 3.8) is 0 Å². The Kier molecular flexibility index (Phi) is 8.00. The van der Waals surface area contributed by atoms with Gasteiger partial charge in [0, 0.05) is 12.2 Å². The van der Waals surface area contributed by atoms with E-state index in [2.05, 4.69) is 0 Å². The number of imide groups is 1. The number of carbonyl (C=O) groups is 2. The predicted octanol–water partition coefficient (Wildman–Crippen LogP) is 5.28. The molecule has 7 heteroatoms. The maximum atomic E-state index is 13.5. The van der Waals surface area contributed by atoms with Crippen LogP contribution in [0.3, 0.4) is 0 Å². The van der Waals surface area contributed by atoms with Crippen LogP contribution in [0.15, 0.2) is 60.7 Å². The van der Waals surface area contributed by atoms with E-state index in [1.165, 1.54) is 4.90 Å². The molecular formula is C24H27NO5S. The molecule has 2 aromatic carbocycles. The minimum atomic E-state index is -0.629. The van der Waals surface area contributed by atoms with Crippen LogP contribution in [0.2, 0.25) is 0 Å². The van der Waals surface area contributed by atoms with Gasteiger partial charge in [-0.15, -0.1) is 0 Å². The largest absolute Gasteiger partial charge is 0.453 e. The first-order valence-electron chi connectivity index (χ1n) is 10.5. The molecule has 31 heavy (non-hydrogen) atoms. The predicted molar refractivity (Wildman–Crippen MR) is 121 cm³/mol. The van der Waals surface area contributed by atoms with Gasteiger partial charge >= 0.3 is 11.3 Å². The third-order valence-corrected chi connectivity index (χ3v) is 5.45. The molecule has 3 atom stereocenters. The minimum Gasteiger partial charge on any atom is -0.453 e. The fraction of sp³-hybridized carbons (Fsp3) is 0.375. The molecule has 0 aliphatic carbocycles. The van der Waals surface area contributed by atoms with E-state index in [1.54, 1.807) is 19.1 Å². The summed E-state index contributed by atoms with van der Waals surface area (Å²) in [5.74, 6) is -0.322. The van der Waals surface area contributed by atoms with Crippen LogP contribution in [-0.2, 0) is 14.3 Å². The molecule has 0 bridgehead atoms. The summed E-state index contributed by atoms with van der Waals surface area (Å²) in [5, 5.41) is -0.0587. The molecule has 1 saturated heterocycles. The van der Waals surface area contributed by atoms with Gasteiger partial charge in [0.1, 0.15) is 24.5 Å². The molecule has 0 saturated carbocycles. The average Bonchev–Trinajstić information content (AvgIpc) is 3.16. The standard InChI is InChI=1S/C24H27NO5S/c1-3-4-15-20(17(2)29-24(31)30-19-13-9-6-10-14-19)22(26)25-21(16-28-23(25)27)18-11-7-5-8-12-18/h5-14,17,20-21H,3-4,15-16H2,1-2H3/t17-,20+,21-/m1/s1. The van der Waals surface area contributed by atoms with Crippen molar-refractivity contribution >= 4 is 29.5 Å². The van der Waals surface area contributed by atoms with Gasteiger partial charge in [0.05, 0.1) is 5.92 Å². The van der Waals surface area contributed by atoms with Gasteiger partial charge in [-0.2, -0.15) is 0 Å². The number of hydrogen-bond acceptors (Lipinski definition) is 6. The molecule has 0 spiro atoms. The second kappa shape index (κ2) is 10.9. The van der Waals surface area contributed by atoms with Crippen LogP contribution in [0.1, 0.15) is 44.7 Å². The van der Waals surface area contributed by atoms with Crippen molar-refractivity contribution in [1.29, 1.82) is 0 Å². The molecule has 1 fully saturated rings. The number of carbonyl (C=O) groups excluding carboxylic acids is 2. The Morgan fingerprint density at radius 2 is 1.81 bits per heavy atom. The third-order valence-electron chi connectivity index (χ3n) is 5.27. The molecule has 2 amide bonds. The van der Waals surface area contributed by atoms with Crippen molar-refractivity contribution in [3.05, 3.63) is 66.2 Å². The molecule has 0 N–H and O–H groups in total. The van der Waals surface area contributed by atoms with Crippen LogP contribution in [0.4, 0.5) is 4.79 Å². The quantitative estimate of drug-likeness (QED) is 0.519. The second-order valence-corrected chi connectivity index (χ2v) is 7.78. The average molecular weight is 442 g/mol. The summed E-state index contributed by atoms with van der Waals surface area (Å²) in [6, 6.07) is 18.0. The van der Waals surface area contributed by atoms with Crippen LogP contribution in [0.5, 0.6) is 5.75 Å². The molecule has 0 aromatic heterocycles. The molecule has 164 valence electrons. The van der Waals surface area contributed by atoms with Gasteiger partial charge in [-0.05, 0) is 31.0 Å². The van der Waals surface area contributed by atoms with Gasteiger partial charge in [0.2, 0.25) is 5.91 Å². The molecule has 1 heterocycles. The lowest BCUT2D eigenvalue weighted by Gasteiger charge is -2.29. The number of amides is 2. The lowest BCUT2D eigenvalue weighted by atomic mass is 9.94. The van der Waals surface area contributed by atoms with Gasteiger partial charge < -0.3 is 14.2 Å². The Balaban J connectivity index is 1.74. The zero-order chi connectivity index (χ0) is 22.2. The first-order valence-corrected chi connectivity index (χ1v) is 10.9. The monoisotopic (exact) mass is 441 g/mol. The Morgan fingerprint density at radius 3 is 2.45 bits per heavy atom. The van der Waals surface area contributed by atoms with Gasteiger partial charge in [-0.1, -0.05) is 68.3 Å². The van der Waals surface area contributed by atoms with Crippen molar-refractivity contribution in [2.45, 2.75) is 45.3 Å². The molecule has 0 unspecified atom stereocenters. The summed E-state index contributed by atoms with van der Waals surface area (Å²) in [6.07, 6.45) is 1.09. The van der Waals surface area contributed by atoms with Crippen LogP contribution in [-0.4, -0.2) is 34.8 Å². The number of thiocarbonyl (C=S) groups is 1. The maximum absolute atomic E-state index is 13.5. The third kappa shape index (κ3) is 5.82. The summed E-state index contributed by atoms with van der Waals surface area (Å²) in [6.45, 7) is 3.96. The number of unbranched alkanes of at least 4 members (excludes halogenated alkanes) is 1. The van der Waals surface area contributed by atoms with Crippen LogP contribution >= 0.6 is 12.2 Å². The van der Waals surface area contributed by atoms with E-state index in [9.17, 15) is 9.59 Å². The zero-order valence-electron chi connectivity index (χ0n) is 17.7. The Bertz CT molecular complexity index is 889. The molecular weight excluding hydrogens is 414 g/mol. The first-order chi connectivity index (χ1) is 15.0. The number of benzene rings is 2. The number of hydrogen-bond donors (Lipinski definition) is 0. The normalized spacial score (nSPS) is 17.5. The Labute approximate surface area is 188 Å². The molecule has 2 aromatic rings. The van der Waals surface area contributed by atoms with Crippen LogP contribution in [0.25, 0.3) is 0 Å². The van der Waals surface area contributed by atoms with E-state index in [1.807, 2.05) is 55.5 Å². The lowest BCUT2D eigenvalue weighted by molar-refractivity contribution is -0.137. The topological polar surface area (TPSA) is 65.1 Å². The van der Waals surface area contributed by atoms with E-state index in [0.29, 0.717) is 12.2 Å². The summed E-state index contributed by atoms with van der Waals surface area (Å²) < 4.78 is 16.6. The highest BCUT2D eigenvalue weighted by Crippen LogP contribution is 2.31. The summed E-state index contributed by atoms with van der Waals surface area (Å²) in [4.78, 5) is 27.2. The minimum absolute atomic E-state index is 0.0587. The molecule has 1 aliphatic rings. The fourth-order valence-electron chi connectivity index (χ4n) is 3.59. The smallest absolute Gasteiger partial charge is 0.417 e. The Morgan fingerprint density at radius 1 is 1.16 bits per heavy atom. The van der Waals surface area contributed by atoms with E-state index in [-0.39, 0.29) is 17.8 Å².